The fourth-order valence-corrected chi connectivity index (χ4v) is 8.09. The first-order valence-electron chi connectivity index (χ1n) is 26.5. The molecule has 0 heterocycles. The molecule has 0 aromatic carbocycles. The predicted molar refractivity (Wildman–Crippen MR) is 252 cm³/mol. The van der Waals surface area contributed by atoms with E-state index in [-0.39, 0.29) is 31.1 Å². The van der Waals surface area contributed by atoms with Crippen molar-refractivity contribution in [3.63, 3.8) is 0 Å². The fourth-order valence-electron chi connectivity index (χ4n) is 8.09. The molecule has 0 radical (unpaired) electrons. The highest BCUT2D eigenvalue weighted by atomic mass is 16.6. The molecule has 0 saturated heterocycles. The van der Waals surface area contributed by atoms with E-state index in [4.69, 9.17) is 14.2 Å². The average Bonchev–Trinajstić information content (AvgIpc) is 3.23. The van der Waals surface area contributed by atoms with Crippen molar-refractivity contribution in [2.75, 3.05) is 13.2 Å². The van der Waals surface area contributed by atoms with Crippen molar-refractivity contribution in [3.8, 4) is 0 Å². The van der Waals surface area contributed by atoms with Crippen molar-refractivity contribution in [2.24, 2.45) is 0 Å². The Labute approximate surface area is 368 Å². The van der Waals surface area contributed by atoms with Crippen LogP contribution in [0.3, 0.4) is 0 Å². The summed E-state index contributed by atoms with van der Waals surface area (Å²) >= 11 is 0. The lowest BCUT2D eigenvalue weighted by Gasteiger charge is -2.18. The topological polar surface area (TPSA) is 78.9 Å². The Kier molecular flexibility index (Phi) is 47.7. The van der Waals surface area contributed by atoms with Crippen LogP contribution in [0, 0.1) is 0 Å². The number of esters is 3. The van der Waals surface area contributed by atoms with Crippen LogP contribution in [-0.4, -0.2) is 37.2 Å². The summed E-state index contributed by atoms with van der Waals surface area (Å²) in [5.74, 6) is -0.855. The lowest BCUT2D eigenvalue weighted by molar-refractivity contribution is -0.167. The van der Waals surface area contributed by atoms with E-state index in [1.54, 1.807) is 0 Å². The molecule has 0 bridgehead atoms. The average molecular weight is 835 g/mol. The highest BCUT2D eigenvalue weighted by molar-refractivity contribution is 5.71. The number of carbonyl (C=O) groups excluding carboxylic acids is 3. The quantitative estimate of drug-likeness (QED) is 0.0345. The number of carbonyl (C=O) groups is 3. The molecule has 0 aliphatic rings. The summed E-state index contributed by atoms with van der Waals surface area (Å²) in [5.41, 5.74) is 0. The van der Waals surface area contributed by atoms with Gasteiger partial charge in [0.25, 0.3) is 0 Å². The molecule has 0 aliphatic heterocycles. The Bertz CT molecular complexity index is 874. The van der Waals surface area contributed by atoms with E-state index >= 15 is 0 Å². The van der Waals surface area contributed by atoms with Gasteiger partial charge in [-0.1, -0.05) is 265 Å². The highest BCUT2D eigenvalue weighted by Gasteiger charge is 2.19. The molecular weight excluding hydrogens is 733 g/mol. The second kappa shape index (κ2) is 49.1. The van der Waals surface area contributed by atoms with Crippen LogP contribution < -0.4 is 0 Å². The molecule has 0 aromatic heterocycles. The van der Waals surface area contributed by atoms with Crippen LogP contribution >= 0.6 is 0 Å². The molecule has 0 aromatic rings. The molecule has 0 fully saturated rings. The van der Waals surface area contributed by atoms with Crippen molar-refractivity contribution in [2.45, 2.75) is 309 Å². The maximum Gasteiger partial charge on any atom is 0.306 e. The van der Waals surface area contributed by atoms with Crippen molar-refractivity contribution in [1.82, 2.24) is 0 Å². The predicted octanol–water partition coefficient (Wildman–Crippen LogP) is 17.2. The fraction of sp³-hybridized carbons (Fsp3) is 0.943. The summed E-state index contributed by atoms with van der Waals surface area (Å²) in [6.07, 6.45) is 52.7. The Morgan fingerprint density at radius 2 is 0.458 bits per heavy atom. The van der Waals surface area contributed by atoms with E-state index in [1.165, 1.54) is 199 Å². The Morgan fingerprint density at radius 1 is 0.271 bits per heavy atom. The lowest BCUT2D eigenvalue weighted by Crippen LogP contribution is -2.30. The summed E-state index contributed by atoms with van der Waals surface area (Å²) in [6.45, 7) is 6.61. The molecule has 0 saturated carbocycles. The van der Waals surface area contributed by atoms with E-state index in [0.29, 0.717) is 19.3 Å². The van der Waals surface area contributed by atoms with Crippen molar-refractivity contribution >= 4 is 17.9 Å². The van der Waals surface area contributed by atoms with Gasteiger partial charge in [-0.25, -0.2) is 0 Å². The van der Waals surface area contributed by atoms with Crippen LogP contribution in [0.2, 0.25) is 0 Å². The van der Waals surface area contributed by atoms with Gasteiger partial charge >= 0.3 is 17.9 Å². The largest absolute Gasteiger partial charge is 0.462 e. The molecule has 350 valence electrons. The zero-order valence-electron chi connectivity index (χ0n) is 40.1. The van der Waals surface area contributed by atoms with Crippen molar-refractivity contribution < 1.29 is 28.6 Å². The van der Waals surface area contributed by atoms with Gasteiger partial charge in [0.1, 0.15) is 13.2 Å². The van der Waals surface area contributed by atoms with Gasteiger partial charge < -0.3 is 14.2 Å². The van der Waals surface area contributed by atoms with E-state index in [9.17, 15) is 14.4 Å². The van der Waals surface area contributed by atoms with Crippen LogP contribution in [-0.2, 0) is 28.6 Å². The van der Waals surface area contributed by atoms with Gasteiger partial charge in [0.05, 0.1) is 0 Å². The van der Waals surface area contributed by atoms with Gasteiger partial charge in [0.2, 0.25) is 0 Å². The third-order valence-corrected chi connectivity index (χ3v) is 12.1. The van der Waals surface area contributed by atoms with Crippen LogP contribution in [0.4, 0.5) is 0 Å². The minimum atomic E-state index is -0.758. The summed E-state index contributed by atoms with van der Waals surface area (Å²) in [6, 6.07) is 0. The number of rotatable bonds is 49. The molecule has 0 rings (SSSR count). The SMILES string of the molecule is CCCCCCCCCCCCCCCCCCCCC(=O)OCC(COC(=O)CCCCCCC)OC(=O)CCCCCCCCCCCCCCCCCCCC. The van der Waals surface area contributed by atoms with Gasteiger partial charge in [-0.05, 0) is 19.3 Å². The lowest BCUT2D eigenvalue weighted by atomic mass is 10.0. The van der Waals surface area contributed by atoms with Gasteiger partial charge in [-0.2, -0.15) is 0 Å². The molecule has 1 atom stereocenters. The maximum atomic E-state index is 12.7. The van der Waals surface area contributed by atoms with Gasteiger partial charge in [-0.3, -0.25) is 14.4 Å². The molecule has 0 amide bonds. The molecule has 0 N–H and O–H groups in total. The first kappa shape index (κ1) is 57.4. The third kappa shape index (κ3) is 47.3. The van der Waals surface area contributed by atoms with Crippen LogP contribution in [0.25, 0.3) is 0 Å². The number of unbranched alkanes of at least 4 members (excludes halogenated alkanes) is 38. The first-order valence-corrected chi connectivity index (χ1v) is 26.5. The van der Waals surface area contributed by atoms with Gasteiger partial charge in [-0.15, -0.1) is 0 Å². The monoisotopic (exact) mass is 835 g/mol. The zero-order chi connectivity index (χ0) is 43.0. The minimum absolute atomic E-state index is 0.0630. The van der Waals surface area contributed by atoms with E-state index in [0.717, 1.165) is 64.2 Å². The first-order chi connectivity index (χ1) is 29.0. The molecule has 0 spiro atoms. The summed E-state index contributed by atoms with van der Waals surface area (Å²) in [4.78, 5) is 37.7. The van der Waals surface area contributed by atoms with Gasteiger partial charge in [0.15, 0.2) is 6.10 Å². The Morgan fingerprint density at radius 3 is 0.678 bits per heavy atom. The summed E-state index contributed by atoms with van der Waals surface area (Å²) in [7, 11) is 0. The molecule has 6 nitrogen and oxygen atoms in total. The normalized spacial score (nSPS) is 11.8. The standard InChI is InChI=1S/C53H102O6/c1-4-7-10-13-15-17-19-21-23-25-27-29-31-33-35-37-40-43-46-52(55)58-49-50(48-57-51(54)45-42-39-12-9-6-3)59-53(56)47-44-41-38-36-34-32-30-28-26-24-22-20-18-16-14-11-8-5-2/h50H,4-49H2,1-3H3. The Balaban J connectivity index is 4.08. The molecule has 6 heteroatoms. The van der Waals surface area contributed by atoms with Crippen LogP contribution in [0.15, 0.2) is 0 Å². The second-order valence-corrected chi connectivity index (χ2v) is 18.2. The van der Waals surface area contributed by atoms with Crippen molar-refractivity contribution in [3.05, 3.63) is 0 Å². The van der Waals surface area contributed by atoms with Crippen LogP contribution in [0.5, 0.6) is 0 Å². The van der Waals surface area contributed by atoms with Gasteiger partial charge in [0, 0.05) is 19.3 Å². The Hall–Kier alpha value is -1.59. The van der Waals surface area contributed by atoms with E-state index < -0.39 is 6.10 Å². The summed E-state index contributed by atoms with van der Waals surface area (Å²) < 4.78 is 16.7. The van der Waals surface area contributed by atoms with E-state index in [1.807, 2.05) is 0 Å². The third-order valence-electron chi connectivity index (χ3n) is 12.1. The maximum absolute atomic E-state index is 12.7. The molecule has 59 heavy (non-hydrogen) atoms. The number of hydrogen-bond acceptors (Lipinski definition) is 6. The zero-order valence-corrected chi connectivity index (χ0v) is 40.1. The molecule has 0 aliphatic carbocycles. The van der Waals surface area contributed by atoms with Crippen LogP contribution in [0.1, 0.15) is 303 Å². The second-order valence-electron chi connectivity index (χ2n) is 18.2. The van der Waals surface area contributed by atoms with Crippen molar-refractivity contribution in [1.29, 1.82) is 0 Å². The molecular formula is C53H102O6. The number of hydrogen-bond donors (Lipinski definition) is 0. The highest BCUT2D eigenvalue weighted by Crippen LogP contribution is 2.17. The van der Waals surface area contributed by atoms with E-state index in [2.05, 4.69) is 20.8 Å². The minimum Gasteiger partial charge on any atom is -0.462 e. The molecule has 1 unspecified atom stereocenters. The number of ether oxygens (including phenoxy) is 3. The smallest absolute Gasteiger partial charge is 0.306 e. The summed E-state index contributed by atoms with van der Waals surface area (Å²) in [5, 5.41) is 0.